The second-order valence-corrected chi connectivity index (χ2v) is 5.87. The molecule has 0 saturated heterocycles. The van der Waals surface area contributed by atoms with Crippen molar-refractivity contribution in [3.05, 3.63) is 28.3 Å². The second kappa shape index (κ2) is 7.86. The highest BCUT2D eigenvalue weighted by Gasteiger charge is 2.23. The first-order valence-corrected chi connectivity index (χ1v) is 7.55. The summed E-state index contributed by atoms with van der Waals surface area (Å²) in [6.45, 7) is 10.1. The number of hydrogen-bond donors (Lipinski definition) is 1. The van der Waals surface area contributed by atoms with Crippen LogP contribution < -0.4 is 10.1 Å². The van der Waals surface area contributed by atoms with E-state index in [1.165, 1.54) is 0 Å². The number of hydrogen-bond acceptors (Lipinski definition) is 4. The summed E-state index contributed by atoms with van der Waals surface area (Å²) in [6.07, 6.45) is 1.98. The Morgan fingerprint density at radius 2 is 1.95 bits per heavy atom. The molecule has 5 heteroatoms. The van der Waals surface area contributed by atoms with E-state index in [0.717, 1.165) is 12.8 Å². The smallest absolute Gasteiger partial charge is 0.333 e. The largest absolute Gasteiger partial charge is 0.484 e. The summed E-state index contributed by atoms with van der Waals surface area (Å²) in [5, 5.41) is 14.6. The van der Waals surface area contributed by atoms with Crippen molar-refractivity contribution in [1.29, 1.82) is 0 Å². The van der Waals surface area contributed by atoms with Crippen LogP contribution in [-0.2, 0) is 0 Å². The summed E-state index contributed by atoms with van der Waals surface area (Å²) >= 11 is 0. The normalized spacial score (nSPS) is 13.8. The standard InChI is InChI=1S/C16H26N2O3/c1-6-12(4)10-13(5)17-14-8-7-9-15(21-11(2)3)16(14)18(19)20/h7-9,11-13,17H,6,10H2,1-5H3. The molecule has 21 heavy (non-hydrogen) atoms. The van der Waals surface area contributed by atoms with Crippen LogP contribution >= 0.6 is 0 Å². The van der Waals surface area contributed by atoms with Gasteiger partial charge in [-0.3, -0.25) is 10.1 Å². The maximum atomic E-state index is 11.4. The lowest BCUT2D eigenvalue weighted by molar-refractivity contribution is -0.385. The van der Waals surface area contributed by atoms with E-state index in [2.05, 4.69) is 19.2 Å². The van der Waals surface area contributed by atoms with Gasteiger partial charge in [-0.15, -0.1) is 0 Å². The van der Waals surface area contributed by atoms with E-state index in [4.69, 9.17) is 4.74 Å². The third kappa shape index (κ3) is 5.25. The summed E-state index contributed by atoms with van der Waals surface area (Å²) < 4.78 is 5.55. The molecule has 0 saturated carbocycles. The molecule has 5 nitrogen and oxygen atoms in total. The van der Waals surface area contributed by atoms with Crippen LogP contribution in [0.2, 0.25) is 0 Å². The summed E-state index contributed by atoms with van der Waals surface area (Å²) in [4.78, 5) is 11.0. The molecule has 0 spiro atoms. The molecule has 0 bridgehead atoms. The van der Waals surface area contributed by atoms with Crippen molar-refractivity contribution in [2.45, 2.75) is 59.6 Å². The Morgan fingerprint density at radius 1 is 1.29 bits per heavy atom. The van der Waals surface area contributed by atoms with Crippen molar-refractivity contribution in [3.63, 3.8) is 0 Å². The van der Waals surface area contributed by atoms with Gasteiger partial charge in [0.15, 0.2) is 5.75 Å². The van der Waals surface area contributed by atoms with E-state index in [1.54, 1.807) is 18.2 Å². The van der Waals surface area contributed by atoms with Gasteiger partial charge in [-0.25, -0.2) is 0 Å². The molecule has 0 amide bonds. The molecular formula is C16H26N2O3. The van der Waals surface area contributed by atoms with Crippen LogP contribution in [0, 0.1) is 16.0 Å². The molecule has 0 aliphatic carbocycles. The summed E-state index contributed by atoms with van der Waals surface area (Å²) in [5.74, 6) is 0.900. The first-order chi connectivity index (χ1) is 9.85. The lowest BCUT2D eigenvalue weighted by Gasteiger charge is -2.19. The summed E-state index contributed by atoms with van der Waals surface area (Å²) in [7, 11) is 0. The van der Waals surface area contributed by atoms with Crippen molar-refractivity contribution in [2.24, 2.45) is 5.92 Å². The van der Waals surface area contributed by atoms with Crippen LogP contribution in [-0.4, -0.2) is 17.1 Å². The number of nitro benzene ring substituents is 1. The zero-order valence-electron chi connectivity index (χ0n) is 13.6. The molecule has 0 fully saturated rings. The molecule has 2 atom stereocenters. The number of anilines is 1. The fourth-order valence-electron chi connectivity index (χ4n) is 2.27. The van der Waals surface area contributed by atoms with Crippen molar-refractivity contribution in [3.8, 4) is 5.75 Å². The Morgan fingerprint density at radius 3 is 2.48 bits per heavy atom. The topological polar surface area (TPSA) is 64.4 Å². The zero-order valence-corrected chi connectivity index (χ0v) is 13.6. The lowest BCUT2D eigenvalue weighted by atomic mass is 10.00. The van der Waals surface area contributed by atoms with Crippen LogP contribution in [0.15, 0.2) is 18.2 Å². The third-order valence-electron chi connectivity index (χ3n) is 3.40. The minimum atomic E-state index is -0.379. The fraction of sp³-hybridized carbons (Fsp3) is 0.625. The Bertz CT molecular complexity index is 475. The highest BCUT2D eigenvalue weighted by atomic mass is 16.6. The first-order valence-electron chi connectivity index (χ1n) is 7.55. The maximum absolute atomic E-state index is 11.4. The highest BCUT2D eigenvalue weighted by molar-refractivity contribution is 5.68. The SMILES string of the molecule is CCC(C)CC(C)Nc1cccc(OC(C)C)c1[N+](=O)[O-]. The quantitative estimate of drug-likeness (QED) is 0.561. The summed E-state index contributed by atoms with van der Waals surface area (Å²) in [6, 6.07) is 5.33. The van der Waals surface area contributed by atoms with E-state index in [-0.39, 0.29) is 22.8 Å². The molecule has 0 aliphatic rings. The Kier molecular flexibility index (Phi) is 6.46. The molecule has 2 unspecified atom stereocenters. The van der Waals surface area contributed by atoms with E-state index < -0.39 is 0 Å². The van der Waals surface area contributed by atoms with Gasteiger partial charge in [0.1, 0.15) is 5.69 Å². The number of rotatable bonds is 8. The van der Waals surface area contributed by atoms with Gasteiger partial charge >= 0.3 is 5.69 Å². The molecule has 0 radical (unpaired) electrons. The van der Waals surface area contributed by atoms with Crippen molar-refractivity contribution in [1.82, 2.24) is 0 Å². The molecule has 0 heterocycles. The number of nitrogens with zero attached hydrogens (tertiary/aromatic N) is 1. The van der Waals surface area contributed by atoms with Gasteiger partial charge < -0.3 is 10.1 Å². The minimum Gasteiger partial charge on any atom is -0.484 e. The molecule has 1 aromatic carbocycles. The highest BCUT2D eigenvalue weighted by Crippen LogP contribution is 2.36. The molecule has 1 rings (SSSR count). The van der Waals surface area contributed by atoms with Crippen molar-refractivity contribution < 1.29 is 9.66 Å². The molecule has 0 aromatic heterocycles. The molecule has 0 aliphatic heterocycles. The van der Waals surface area contributed by atoms with Gasteiger partial charge in [0.2, 0.25) is 0 Å². The van der Waals surface area contributed by atoms with Crippen LogP contribution in [0.3, 0.4) is 0 Å². The minimum absolute atomic E-state index is 0.0159. The Labute approximate surface area is 126 Å². The van der Waals surface area contributed by atoms with Crippen LogP contribution in [0.1, 0.15) is 47.5 Å². The van der Waals surface area contributed by atoms with Crippen LogP contribution in [0.4, 0.5) is 11.4 Å². The molecule has 1 aromatic rings. The van der Waals surface area contributed by atoms with Crippen molar-refractivity contribution in [2.75, 3.05) is 5.32 Å². The average Bonchev–Trinajstić information content (AvgIpc) is 2.37. The third-order valence-corrected chi connectivity index (χ3v) is 3.40. The van der Waals surface area contributed by atoms with E-state index >= 15 is 0 Å². The number of nitrogens with one attached hydrogen (secondary N) is 1. The van der Waals surface area contributed by atoms with E-state index in [9.17, 15) is 10.1 Å². The number of nitro groups is 1. The molecule has 118 valence electrons. The first kappa shape index (κ1) is 17.3. The van der Waals surface area contributed by atoms with Gasteiger partial charge in [0.25, 0.3) is 0 Å². The van der Waals surface area contributed by atoms with E-state index in [0.29, 0.717) is 17.4 Å². The van der Waals surface area contributed by atoms with Gasteiger partial charge in [0.05, 0.1) is 11.0 Å². The number of benzene rings is 1. The second-order valence-electron chi connectivity index (χ2n) is 5.87. The van der Waals surface area contributed by atoms with Crippen LogP contribution in [0.25, 0.3) is 0 Å². The molecule has 1 N–H and O–H groups in total. The Balaban J connectivity index is 2.98. The zero-order chi connectivity index (χ0) is 16.0. The average molecular weight is 294 g/mol. The molecular weight excluding hydrogens is 268 g/mol. The van der Waals surface area contributed by atoms with Gasteiger partial charge in [-0.2, -0.15) is 0 Å². The predicted octanol–water partition coefficient (Wildman–Crippen LogP) is 4.62. The summed E-state index contributed by atoms with van der Waals surface area (Å²) in [5.41, 5.74) is 0.538. The maximum Gasteiger partial charge on any atom is 0.333 e. The van der Waals surface area contributed by atoms with Crippen molar-refractivity contribution >= 4 is 11.4 Å². The number of ether oxygens (including phenoxy) is 1. The predicted molar refractivity (Wildman–Crippen MR) is 86.0 cm³/mol. The van der Waals surface area contributed by atoms with Gasteiger partial charge in [-0.1, -0.05) is 26.3 Å². The lowest BCUT2D eigenvalue weighted by Crippen LogP contribution is -2.19. The van der Waals surface area contributed by atoms with E-state index in [1.807, 2.05) is 20.8 Å². The van der Waals surface area contributed by atoms with Gasteiger partial charge in [0, 0.05) is 6.04 Å². The van der Waals surface area contributed by atoms with Gasteiger partial charge in [-0.05, 0) is 45.2 Å². The number of para-hydroxylation sites is 1. The Hall–Kier alpha value is -1.78. The van der Waals surface area contributed by atoms with Crippen LogP contribution in [0.5, 0.6) is 5.75 Å². The monoisotopic (exact) mass is 294 g/mol. The fourth-order valence-corrected chi connectivity index (χ4v) is 2.27.